The Morgan fingerprint density at radius 3 is 2.71 bits per heavy atom. The first kappa shape index (κ1) is 16.1. The monoisotopic (exact) mass is 363 g/mol. The lowest BCUT2D eigenvalue weighted by atomic mass is 10.2. The molecule has 1 fully saturated rings. The van der Waals surface area contributed by atoms with Crippen LogP contribution in [0.1, 0.15) is 5.56 Å². The number of rotatable bonds is 3. The summed E-state index contributed by atoms with van der Waals surface area (Å²) in [6, 6.07) is 4.22. The van der Waals surface area contributed by atoms with Crippen molar-refractivity contribution in [3.63, 3.8) is 0 Å². The minimum atomic E-state index is -1.19. The van der Waals surface area contributed by atoms with Gasteiger partial charge in [0.2, 0.25) is 0 Å². The Balaban J connectivity index is 2.45. The number of hydrogen-bond acceptors (Lipinski definition) is 5. The third kappa shape index (κ3) is 3.32. The van der Waals surface area contributed by atoms with Crippen LogP contribution >= 0.6 is 47.2 Å². The van der Waals surface area contributed by atoms with Crippen LogP contribution in [0.3, 0.4) is 0 Å². The number of aromatic hydroxyl groups is 1. The zero-order valence-electron chi connectivity index (χ0n) is 10.2. The van der Waals surface area contributed by atoms with E-state index in [1.807, 2.05) is 0 Å². The highest BCUT2D eigenvalue weighted by Gasteiger charge is 2.36. The summed E-state index contributed by atoms with van der Waals surface area (Å²) in [6.07, 6.45) is 0. The van der Waals surface area contributed by atoms with E-state index in [-0.39, 0.29) is 25.6 Å². The van der Waals surface area contributed by atoms with Crippen LogP contribution in [0, 0.1) is 0 Å². The predicted molar refractivity (Wildman–Crippen MR) is 85.4 cm³/mol. The van der Waals surface area contributed by atoms with Gasteiger partial charge in [0.05, 0.1) is 9.94 Å². The van der Waals surface area contributed by atoms with Gasteiger partial charge in [0.15, 0.2) is 0 Å². The van der Waals surface area contributed by atoms with Crippen LogP contribution in [-0.2, 0) is 9.59 Å². The number of phenolic OH excluding ortho intramolecular Hbond substituents is 1. The molecule has 0 atom stereocenters. The first-order chi connectivity index (χ1) is 9.81. The Bertz CT molecular complexity index is 690. The van der Waals surface area contributed by atoms with Crippen LogP contribution in [0.4, 0.5) is 0 Å². The molecule has 1 aliphatic rings. The highest BCUT2D eigenvalue weighted by atomic mass is 35.5. The van der Waals surface area contributed by atoms with Crippen molar-refractivity contribution in [2.24, 2.45) is 0 Å². The fourth-order valence-corrected chi connectivity index (χ4v) is 3.36. The summed E-state index contributed by atoms with van der Waals surface area (Å²) in [7, 11) is 0. The third-order valence-corrected chi connectivity index (χ3v) is 4.72. The van der Waals surface area contributed by atoms with E-state index in [1.165, 1.54) is 18.2 Å². The van der Waals surface area contributed by atoms with Gasteiger partial charge in [0.1, 0.15) is 16.6 Å². The van der Waals surface area contributed by atoms with Crippen molar-refractivity contribution in [1.82, 2.24) is 4.90 Å². The number of nitrogens with zero attached hydrogens (tertiary/aromatic N) is 1. The van der Waals surface area contributed by atoms with Crippen molar-refractivity contribution < 1.29 is 19.8 Å². The lowest BCUT2D eigenvalue weighted by Crippen LogP contribution is -2.33. The largest absolute Gasteiger partial charge is 0.507 e. The second kappa shape index (κ2) is 6.23. The number of carbonyl (C=O) groups is 2. The van der Waals surface area contributed by atoms with Crippen LogP contribution in [-0.4, -0.2) is 37.9 Å². The molecule has 0 spiro atoms. The van der Waals surface area contributed by atoms with Crippen LogP contribution in [0.5, 0.6) is 5.75 Å². The molecule has 1 heterocycles. The van der Waals surface area contributed by atoms with Gasteiger partial charge in [-0.05, 0) is 18.2 Å². The highest BCUT2D eigenvalue weighted by Crippen LogP contribution is 2.41. The average Bonchev–Trinajstić information content (AvgIpc) is 2.68. The lowest BCUT2D eigenvalue weighted by molar-refractivity contribution is -0.140. The first-order valence-corrected chi connectivity index (χ1v) is 7.43. The molecule has 5 nitrogen and oxygen atoms in total. The van der Waals surface area contributed by atoms with E-state index in [0.717, 1.165) is 16.7 Å². The molecular weight excluding hydrogens is 357 g/mol. The van der Waals surface area contributed by atoms with Crippen LogP contribution in [0.2, 0.25) is 5.02 Å². The van der Waals surface area contributed by atoms with Crippen molar-refractivity contribution in [3.8, 4) is 5.75 Å². The molecule has 9 heteroatoms. The van der Waals surface area contributed by atoms with Gasteiger partial charge in [-0.1, -0.05) is 47.2 Å². The molecule has 1 saturated heterocycles. The van der Waals surface area contributed by atoms with E-state index in [1.54, 1.807) is 0 Å². The van der Waals surface area contributed by atoms with Crippen LogP contribution in [0.25, 0.3) is 5.03 Å². The van der Waals surface area contributed by atoms with Gasteiger partial charge in [-0.25, -0.2) is 0 Å². The van der Waals surface area contributed by atoms with Crippen LogP contribution in [0.15, 0.2) is 23.1 Å². The molecular formula is C12H7Cl2NO4S2. The van der Waals surface area contributed by atoms with Gasteiger partial charge < -0.3 is 10.2 Å². The molecule has 1 aromatic carbocycles. The second-order valence-electron chi connectivity index (χ2n) is 3.96. The van der Waals surface area contributed by atoms with Gasteiger partial charge in [0.25, 0.3) is 5.91 Å². The smallest absolute Gasteiger partial charge is 0.323 e. The summed E-state index contributed by atoms with van der Waals surface area (Å²) in [6.45, 7) is -0.542. The molecule has 0 aliphatic carbocycles. The lowest BCUT2D eigenvalue weighted by Gasteiger charge is -2.10. The number of carbonyl (C=O) groups excluding carboxylic acids is 1. The SMILES string of the molecule is O=C(O)CN1C(=O)C(=C(Cl)c2cc(Cl)ccc2O)SC1=S. The number of halogens is 2. The second-order valence-corrected chi connectivity index (χ2v) is 6.42. The maximum atomic E-state index is 12.2. The summed E-state index contributed by atoms with van der Waals surface area (Å²) in [4.78, 5) is 23.9. The van der Waals surface area contributed by atoms with E-state index in [0.29, 0.717) is 5.02 Å². The number of amides is 1. The molecule has 21 heavy (non-hydrogen) atoms. The number of hydrogen-bond donors (Lipinski definition) is 2. The number of phenols is 1. The Labute approximate surface area is 139 Å². The minimum absolute atomic E-state index is 0.0276. The number of thioether (sulfide) groups is 1. The summed E-state index contributed by atoms with van der Waals surface area (Å²) < 4.78 is 0.0945. The Morgan fingerprint density at radius 2 is 2.10 bits per heavy atom. The molecule has 1 aromatic rings. The number of thiocarbonyl (C=S) groups is 1. The Hall–Kier alpha value is -1.28. The van der Waals surface area contributed by atoms with Crippen molar-refractivity contribution >= 4 is 68.4 Å². The van der Waals surface area contributed by atoms with Crippen molar-refractivity contribution in [3.05, 3.63) is 33.7 Å². The van der Waals surface area contributed by atoms with Gasteiger partial charge in [-0.2, -0.15) is 0 Å². The van der Waals surface area contributed by atoms with Gasteiger partial charge >= 0.3 is 5.97 Å². The molecule has 1 amide bonds. The molecule has 0 bridgehead atoms. The summed E-state index contributed by atoms with van der Waals surface area (Å²) in [5.41, 5.74) is 0.181. The number of carboxylic acids is 1. The standard InChI is InChI=1S/C12H7Cl2NO4S2/c13-5-1-2-7(16)6(3-5)9(14)10-11(19)15(4-8(17)18)12(20)21-10/h1-3,16H,4H2,(H,17,18). The number of aliphatic carboxylic acids is 1. The Morgan fingerprint density at radius 1 is 1.43 bits per heavy atom. The third-order valence-electron chi connectivity index (χ3n) is 2.54. The maximum absolute atomic E-state index is 12.2. The number of carboxylic acid groups (broad SMARTS) is 1. The van der Waals surface area contributed by atoms with Crippen LogP contribution < -0.4 is 0 Å². The van der Waals surface area contributed by atoms with Crippen molar-refractivity contribution in [1.29, 1.82) is 0 Å². The van der Waals surface area contributed by atoms with Gasteiger partial charge in [0, 0.05) is 10.6 Å². The summed E-state index contributed by atoms with van der Waals surface area (Å²) in [5.74, 6) is -1.95. The van der Waals surface area contributed by atoms with E-state index in [2.05, 4.69) is 0 Å². The first-order valence-electron chi connectivity index (χ1n) is 5.45. The topological polar surface area (TPSA) is 77.8 Å². The van der Waals surface area contributed by atoms with E-state index < -0.39 is 18.4 Å². The average molecular weight is 364 g/mol. The maximum Gasteiger partial charge on any atom is 0.323 e. The fraction of sp³-hybridized carbons (Fsp3) is 0.0833. The van der Waals surface area contributed by atoms with E-state index in [9.17, 15) is 14.7 Å². The predicted octanol–water partition coefficient (Wildman–Crippen LogP) is 2.90. The zero-order chi connectivity index (χ0) is 15.7. The molecule has 0 radical (unpaired) electrons. The van der Waals surface area contributed by atoms with Crippen molar-refractivity contribution in [2.45, 2.75) is 0 Å². The molecule has 110 valence electrons. The molecule has 0 aromatic heterocycles. The summed E-state index contributed by atoms with van der Waals surface area (Å²) in [5, 5.41) is 18.9. The van der Waals surface area contributed by atoms with Gasteiger partial charge in [-0.15, -0.1) is 0 Å². The minimum Gasteiger partial charge on any atom is -0.507 e. The molecule has 2 N–H and O–H groups in total. The molecule has 2 rings (SSSR count). The quantitative estimate of drug-likeness (QED) is 0.634. The molecule has 1 aliphatic heterocycles. The summed E-state index contributed by atoms with van der Waals surface area (Å²) >= 11 is 17.8. The van der Waals surface area contributed by atoms with Crippen molar-refractivity contribution in [2.75, 3.05) is 6.54 Å². The van der Waals surface area contributed by atoms with Gasteiger partial charge in [-0.3, -0.25) is 14.5 Å². The number of benzene rings is 1. The Kier molecular flexibility index (Phi) is 4.77. The molecule has 0 saturated carbocycles. The van der Waals surface area contributed by atoms with E-state index >= 15 is 0 Å². The van der Waals surface area contributed by atoms with E-state index in [4.69, 9.17) is 40.5 Å². The molecule has 0 unspecified atom stereocenters. The highest BCUT2D eigenvalue weighted by molar-refractivity contribution is 8.26. The fourth-order valence-electron chi connectivity index (χ4n) is 1.61. The zero-order valence-corrected chi connectivity index (χ0v) is 13.3. The normalized spacial score (nSPS) is 17.3.